The topological polar surface area (TPSA) is 108 Å². The van der Waals surface area contributed by atoms with Crippen LogP contribution in [0, 0.1) is 0 Å². The predicted octanol–water partition coefficient (Wildman–Crippen LogP) is 12.6. The molecule has 0 amide bonds. The van der Waals surface area contributed by atoms with Crippen molar-refractivity contribution in [1.29, 1.82) is 0 Å². The lowest BCUT2D eigenvalue weighted by molar-refractivity contribution is -0.138. The monoisotopic (exact) mass is 809 g/mol. The molecule has 2 N–H and O–H groups in total. The van der Waals surface area contributed by atoms with E-state index in [1.54, 1.807) is 6.40 Å². The van der Waals surface area contributed by atoms with Gasteiger partial charge in [0, 0.05) is 26.4 Å². The smallest absolute Gasteiger partial charge is 0.305 e. The van der Waals surface area contributed by atoms with Gasteiger partial charge in [0.25, 0.3) is 0 Å². The first-order valence-corrected chi connectivity index (χ1v) is 23.9. The van der Waals surface area contributed by atoms with Crippen molar-refractivity contribution in [2.75, 3.05) is 66.1 Å². The quantitative estimate of drug-likeness (QED) is 0.0206. The third-order valence-electron chi connectivity index (χ3n) is 9.92. The van der Waals surface area contributed by atoms with Gasteiger partial charge in [0.15, 0.2) is 6.40 Å². The van der Waals surface area contributed by atoms with Crippen LogP contribution in [0.25, 0.3) is 0 Å². The number of rotatable bonds is 49. The SMILES string of the molecule is CCCCCCCC/C=C/CCCCCCCO/C=N/CCCOCC(COCCC(=O)O)OCCCNCOCCCCCCC/C=C/CCCCCCCC. The number of allylic oxidation sites excluding steroid dienone is 4. The third-order valence-corrected chi connectivity index (χ3v) is 9.92. The Morgan fingerprint density at radius 1 is 0.544 bits per heavy atom. The Morgan fingerprint density at radius 2 is 1.02 bits per heavy atom. The van der Waals surface area contributed by atoms with E-state index in [2.05, 4.69) is 48.5 Å². The van der Waals surface area contributed by atoms with Crippen molar-refractivity contribution < 1.29 is 33.6 Å². The Balaban J connectivity index is 3.69. The summed E-state index contributed by atoms with van der Waals surface area (Å²) >= 11 is 0. The zero-order chi connectivity index (χ0) is 41.2. The number of ether oxygens (including phenoxy) is 5. The molecule has 0 aromatic heterocycles. The minimum atomic E-state index is -0.869. The Kier molecular flexibility index (Phi) is 48.8. The Labute approximate surface area is 351 Å². The van der Waals surface area contributed by atoms with Crippen LogP contribution in [-0.2, 0) is 28.5 Å². The molecule has 57 heavy (non-hydrogen) atoms. The van der Waals surface area contributed by atoms with Gasteiger partial charge in [0.1, 0.15) is 6.10 Å². The molecule has 0 saturated carbocycles. The molecule has 0 radical (unpaired) electrons. The van der Waals surface area contributed by atoms with Crippen molar-refractivity contribution in [3.8, 4) is 0 Å². The average molecular weight is 809 g/mol. The van der Waals surface area contributed by atoms with Crippen LogP contribution in [0.3, 0.4) is 0 Å². The fourth-order valence-corrected chi connectivity index (χ4v) is 6.34. The summed E-state index contributed by atoms with van der Waals surface area (Å²) < 4.78 is 28.7. The van der Waals surface area contributed by atoms with Gasteiger partial charge in [-0.3, -0.25) is 15.1 Å². The second-order valence-electron chi connectivity index (χ2n) is 15.6. The highest BCUT2D eigenvalue weighted by molar-refractivity contribution is 5.66. The summed E-state index contributed by atoms with van der Waals surface area (Å²) in [7, 11) is 0. The van der Waals surface area contributed by atoms with Crippen LogP contribution in [0.15, 0.2) is 29.3 Å². The van der Waals surface area contributed by atoms with Crippen LogP contribution in [-0.4, -0.2) is 89.6 Å². The fourth-order valence-electron chi connectivity index (χ4n) is 6.34. The highest BCUT2D eigenvalue weighted by atomic mass is 16.6. The molecule has 0 aromatic carbocycles. The maximum atomic E-state index is 10.8. The molecule has 336 valence electrons. The highest BCUT2D eigenvalue weighted by Gasteiger charge is 2.11. The third kappa shape index (κ3) is 50.3. The van der Waals surface area contributed by atoms with Crippen LogP contribution in [0.1, 0.15) is 200 Å². The highest BCUT2D eigenvalue weighted by Crippen LogP contribution is 2.11. The minimum absolute atomic E-state index is 0.0220. The van der Waals surface area contributed by atoms with Crippen LogP contribution in [0.5, 0.6) is 0 Å². The first-order valence-electron chi connectivity index (χ1n) is 23.9. The number of aliphatic carboxylic acids is 1. The van der Waals surface area contributed by atoms with Gasteiger partial charge in [-0.15, -0.1) is 0 Å². The number of nitrogens with zero attached hydrogens (tertiary/aromatic N) is 1. The summed E-state index contributed by atoms with van der Waals surface area (Å²) in [5, 5.41) is 12.2. The van der Waals surface area contributed by atoms with E-state index in [4.69, 9.17) is 28.8 Å². The number of carbonyl (C=O) groups is 1. The number of aliphatic imine (C=N–C) groups is 1. The fraction of sp³-hybridized carbons (Fsp3) is 0.875. The average Bonchev–Trinajstić information content (AvgIpc) is 3.21. The minimum Gasteiger partial charge on any atom is -0.483 e. The number of carboxylic acids is 1. The molecule has 0 aromatic rings. The first-order chi connectivity index (χ1) is 28.2. The van der Waals surface area contributed by atoms with E-state index in [0.717, 1.165) is 45.4 Å². The molecule has 9 heteroatoms. The largest absolute Gasteiger partial charge is 0.483 e. The van der Waals surface area contributed by atoms with E-state index < -0.39 is 5.97 Å². The van der Waals surface area contributed by atoms with Crippen LogP contribution in [0.4, 0.5) is 0 Å². The van der Waals surface area contributed by atoms with Gasteiger partial charge >= 0.3 is 5.97 Å². The van der Waals surface area contributed by atoms with E-state index >= 15 is 0 Å². The van der Waals surface area contributed by atoms with E-state index in [1.165, 1.54) is 154 Å². The lowest BCUT2D eigenvalue weighted by Gasteiger charge is -2.18. The Morgan fingerprint density at radius 3 is 1.56 bits per heavy atom. The van der Waals surface area contributed by atoms with Gasteiger partial charge in [0.2, 0.25) is 0 Å². The van der Waals surface area contributed by atoms with Crippen LogP contribution < -0.4 is 5.32 Å². The molecule has 0 heterocycles. The second kappa shape index (κ2) is 50.4. The molecule has 1 unspecified atom stereocenters. The summed E-state index contributed by atoms with van der Waals surface area (Å²) in [4.78, 5) is 15.2. The predicted molar refractivity (Wildman–Crippen MR) is 241 cm³/mol. The number of hydrogen-bond acceptors (Lipinski definition) is 8. The van der Waals surface area contributed by atoms with Gasteiger partial charge < -0.3 is 28.8 Å². The first kappa shape index (κ1) is 55.2. The van der Waals surface area contributed by atoms with Crippen molar-refractivity contribution in [3.05, 3.63) is 24.3 Å². The van der Waals surface area contributed by atoms with Gasteiger partial charge in [0.05, 0.1) is 39.6 Å². The summed E-state index contributed by atoms with van der Waals surface area (Å²) in [6.45, 7) is 10.1. The molecule has 9 nitrogen and oxygen atoms in total. The van der Waals surface area contributed by atoms with Gasteiger partial charge in [-0.2, -0.15) is 0 Å². The van der Waals surface area contributed by atoms with Crippen molar-refractivity contribution in [1.82, 2.24) is 5.32 Å². The summed E-state index contributed by atoms with van der Waals surface area (Å²) in [5.41, 5.74) is 0. The number of hydrogen-bond donors (Lipinski definition) is 2. The maximum absolute atomic E-state index is 10.8. The van der Waals surface area contributed by atoms with E-state index in [-0.39, 0.29) is 19.1 Å². The van der Waals surface area contributed by atoms with Crippen LogP contribution >= 0.6 is 0 Å². The Hall–Kier alpha value is -1.78. The van der Waals surface area contributed by atoms with E-state index in [1.807, 2.05) is 0 Å². The molecule has 0 aliphatic carbocycles. The summed E-state index contributed by atoms with van der Waals surface area (Å²) in [5.74, 6) is -0.869. The standard InChI is InChI=1S/C48H92N2O7/c1-3-5-7-9-11-13-15-17-19-21-23-25-27-29-31-38-55-45-49-36-33-40-53-43-47(44-54-42-35-48(51)52)57-41-34-37-50-46-56-39-32-30-28-26-24-22-20-18-16-14-12-10-8-6-4-2/h17-20,45,47,50H,3-16,21-44,46H2,1-2H3,(H,51,52)/b19-17+,20-18+,49-45+. The Bertz CT molecular complexity index is 870. The maximum Gasteiger partial charge on any atom is 0.305 e. The summed E-state index contributed by atoms with van der Waals surface area (Å²) in [6, 6.07) is 0. The molecule has 0 fully saturated rings. The molecule has 0 spiro atoms. The normalized spacial score (nSPS) is 12.5. The molecular formula is C48H92N2O7. The second-order valence-corrected chi connectivity index (χ2v) is 15.6. The lowest BCUT2D eigenvalue weighted by Crippen LogP contribution is -2.28. The molecular weight excluding hydrogens is 717 g/mol. The molecule has 0 rings (SSSR count). The van der Waals surface area contributed by atoms with Gasteiger partial charge in [-0.1, -0.05) is 141 Å². The van der Waals surface area contributed by atoms with Crippen molar-refractivity contribution in [2.45, 2.75) is 206 Å². The lowest BCUT2D eigenvalue weighted by atomic mass is 10.1. The van der Waals surface area contributed by atoms with Crippen molar-refractivity contribution >= 4 is 12.4 Å². The number of unbranched alkanes of at least 4 members (excludes halogenated alkanes) is 22. The van der Waals surface area contributed by atoms with Gasteiger partial charge in [-0.05, 0) is 83.6 Å². The van der Waals surface area contributed by atoms with Crippen molar-refractivity contribution in [2.24, 2.45) is 4.99 Å². The van der Waals surface area contributed by atoms with E-state index in [0.29, 0.717) is 39.7 Å². The number of nitrogens with one attached hydrogen (secondary N) is 1. The van der Waals surface area contributed by atoms with Crippen LogP contribution in [0.2, 0.25) is 0 Å². The van der Waals surface area contributed by atoms with Crippen molar-refractivity contribution in [3.63, 3.8) is 0 Å². The van der Waals surface area contributed by atoms with E-state index in [9.17, 15) is 4.79 Å². The summed E-state index contributed by atoms with van der Waals surface area (Å²) in [6.07, 6.45) is 46.2. The number of carboxylic acid groups (broad SMARTS) is 1. The zero-order valence-electron chi connectivity index (χ0n) is 37.4. The zero-order valence-corrected chi connectivity index (χ0v) is 37.4. The van der Waals surface area contributed by atoms with Gasteiger partial charge in [-0.25, -0.2) is 0 Å². The molecule has 1 atom stereocenters. The molecule has 0 aliphatic rings. The molecule has 0 saturated heterocycles. The molecule has 0 aliphatic heterocycles. The molecule has 0 bridgehead atoms.